The molecular weight excluding hydrogens is 220 g/mol. The number of hydrogen-bond acceptors (Lipinski definition) is 6. The van der Waals surface area contributed by atoms with Crippen molar-refractivity contribution in [3.05, 3.63) is 0 Å². The summed E-state index contributed by atoms with van der Waals surface area (Å²) in [5.41, 5.74) is 0.00181. The van der Waals surface area contributed by atoms with Gasteiger partial charge in [0, 0.05) is 12.8 Å². The first-order chi connectivity index (χ1) is 7.11. The van der Waals surface area contributed by atoms with Gasteiger partial charge in [-0.05, 0) is 0 Å². The van der Waals surface area contributed by atoms with E-state index in [0.29, 0.717) is 0 Å². The molecule has 0 aliphatic carbocycles. The second kappa shape index (κ2) is 6.10. The summed E-state index contributed by atoms with van der Waals surface area (Å²) in [6, 6.07) is 0. The maximum absolute atomic E-state index is 9.69. The average molecular weight is 237 g/mol. The second-order valence-corrected chi connectivity index (χ2v) is 5.01. The van der Waals surface area contributed by atoms with E-state index in [-0.39, 0.29) is 22.0 Å². The van der Waals surface area contributed by atoms with Crippen LogP contribution in [0.5, 0.6) is 0 Å². The molecule has 1 heterocycles. The van der Waals surface area contributed by atoms with Crippen LogP contribution < -0.4 is 5.00 Å². The lowest BCUT2D eigenvalue weighted by Crippen LogP contribution is -2.37. The molecule has 6 atom stereocenters. The molecule has 1 fully saturated rings. The predicted octanol–water partition coefficient (Wildman–Crippen LogP) is -2.09. The van der Waals surface area contributed by atoms with Gasteiger partial charge in [0.25, 0.3) is 0 Å². The number of aliphatic hydroxyl groups excluding tert-OH is 2. The van der Waals surface area contributed by atoms with Crippen LogP contribution in [0.4, 0.5) is 0 Å². The Labute approximate surface area is 91.1 Å². The van der Waals surface area contributed by atoms with Gasteiger partial charge in [-0.2, -0.15) is 0 Å². The first kappa shape index (κ1) is 13.3. The maximum Gasteiger partial charge on any atom is 0.361 e. The molecule has 0 radical (unpaired) electrons. The third-order valence-corrected chi connectivity index (χ3v) is 3.54. The van der Waals surface area contributed by atoms with E-state index >= 15 is 0 Å². The van der Waals surface area contributed by atoms with E-state index in [1.165, 1.54) is 7.11 Å². The van der Waals surface area contributed by atoms with Crippen molar-refractivity contribution in [2.75, 3.05) is 7.11 Å². The monoisotopic (exact) mass is 237 g/mol. The van der Waals surface area contributed by atoms with Gasteiger partial charge in [0.1, 0.15) is 12.2 Å². The molecule has 15 heavy (non-hydrogen) atoms. The minimum absolute atomic E-state index is 0.00181. The average Bonchev–Trinajstić information content (AvgIpc) is 2.52. The van der Waals surface area contributed by atoms with Gasteiger partial charge in [-0.15, -0.1) is 0 Å². The Hall–Kier alpha value is 0.255. The standard InChI is InChI=1S/C7H17BNO5P/c1-3(15-9-8-12)6-4(10)5(11)7(13-2)14-6/h3-12,15H,1-2H3/t3-,4-,5+,6+,7?/m0/s1. The lowest BCUT2D eigenvalue weighted by molar-refractivity contribution is -0.148. The van der Waals surface area contributed by atoms with Crippen molar-refractivity contribution in [3.63, 3.8) is 0 Å². The smallest absolute Gasteiger partial charge is 0.361 e. The maximum atomic E-state index is 9.69. The van der Waals surface area contributed by atoms with Crippen molar-refractivity contribution in [1.29, 1.82) is 0 Å². The molecule has 0 saturated carbocycles. The third kappa shape index (κ3) is 3.11. The number of methoxy groups -OCH3 is 1. The molecule has 6 nitrogen and oxygen atoms in total. The Kier molecular flexibility index (Phi) is 5.42. The fraction of sp³-hybridized carbons (Fsp3) is 1.00. The van der Waals surface area contributed by atoms with Crippen molar-refractivity contribution in [3.8, 4) is 0 Å². The molecule has 1 saturated heterocycles. The van der Waals surface area contributed by atoms with Crippen molar-refractivity contribution < 1.29 is 24.7 Å². The van der Waals surface area contributed by atoms with E-state index in [4.69, 9.17) is 14.5 Å². The third-order valence-electron chi connectivity index (χ3n) is 2.39. The van der Waals surface area contributed by atoms with Crippen LogP contribution in [0, 0.1) is 0 Å². The van der Waals surface area contributed by atoms with Gasteiger partial charge in [0.2, 0.25) is 0 Å². The molecule has 8 heteroatoms. The van der Waals surface area contributed by atoms with E-state index in [9.17, 15) is 10.2 Å². The topological polar surface area (TPSA) is 91.2 Å². The Balaban J connectivity index is 2.48. The molecule has 88 valence electrons. The SMILES string of the molecule is COC1O[C@H]([C@H](C)PNBO)[C@@H](O)[C@H]1O. The molecule has 2 unspecified atom stereocenters. The van der Waals surface area contributed by atoms with Gasteiger partial charge < -0.3 is 29.7 Å². The number of aliphatic hydroxyl groups is 2. The summed E-state index contributed by atoms with van der Waals surface area (Å²) in [6.45, 7) is 1.87. The van der Waals surface area contributed by atoms with Gasteiger partial charge in [-0.3, -0.25) is 0 Å². The Morgan fingerprint density at radius 2 is 2.13 bits per heavy atom. The molecule has 0 amide bonds. The molecule has 0 bridgehead atoms. The lowest BCUT2D eigenvalue weighted by Gasteiger charge is -2.21. The van der Waals surface area contributed by atoms with Crippen LogP contribution in [-0.4, -0.2) is 60.2 Å². The Morgan fingerprint density at radius 1 is 1.47 bits per heavy atom. The lowest BCUT2D eigenvalue weighted by atomic mass is 10.1. The highest BCUT2D eigenvalue weighted by atomic mass is 31.1. The zero-order chi connectivity index (χ0) is 11.4. The van der Waals surface area contributed by atoms with Crippen LogP contribution in [0.2, 0.25) is 0 Å². The quantitative estimate of drug-likeness (QED) is 0.324. The van der Waals surface area contributed by atoms with E-state index in [1.54, 1.807) is 0 Å². The number of hydrogen-bond donors (Lipinski definition) is 4. The van der Waals surface area contributed by atoms with Gasteiger partial charge in [0.05, 0.1) is 6.10 Å². The molecule has 0 spiro atoms. The molecule has 0 aromatic rings. The minimum Gasteiger partial charge on any atom is -0.440 e. The second-order valence-electron chi connectivity index (χ2n) is 3.45. The molecule has 1 aliphatic rings. The van der Waals surface area contributed by atoms with Crippen molar-refractivity contribution >= 4 is 16.3 Å². The summed E-state index contributed by atoms with van der Waals surface area (Å²) in [6.07, 6.45) is -3.20. The molecule has 0 aromatic carbocycles. The summed E-state index contributed by atoms with van der Waals surface area (Å²) in [7, 11) is 1.56. The van der Waals surface area contributed by atoms with Crippen LogP contribution in [0.3, 0.4) is 0 Å². The summed E-state index contributed by atoms with van der Waals surface area (Å²) in [5, 5.41) is 27.8. The largest absolute Gasteiger partial charge is 0.440 e. The summed E-state index contributed by atoms with van der Waals surface area (Å²) >= 11 is 0. The fourth-order valence-corrected chi connectivity index (χ4v) is 2.42. The summed E-state index contributed by atoms with van der Waals surface area (Å²) < 4.78 is 10.2. The van der Waals surface area contributed by atoms with Gasteiger partial charge in [0.15, 0.2) is 6.29 Å². The molecular formula is C7H17BNO5P. The number of nitrogens with one attached hydrogen (secondary N) is 1. The van der Waals surface area contributed by atoms with Crippen molar-refractivity contribution in [2.45, 2.75) is 37.2 Å². The van der Waals surface area contributed by atoms with Crippen LogP contribution in [0.15, 0.2) is 0 Å². The first-order valence-corrected chi connectivity index (χ1v) is 5.83. The Morgan fingerprint density at radius 3 is 2.60 bits per heavy atom. The van der Waals surface area contributed by atoms with Crippen LogP contribution in [0.1, 0.15) is 6.92 Å². The zero-order valence-corrected chi connectivity index (χ0v) is 9.75. The van der Waals surface area contributed by atoms with E-state index in [1.807, 2.05) is 6.92 Å². The molecule has 1 aliphatic heterocycles. The normalized spacial score (nSPS) is 38.7. The number of rotatable bonds is 5. The first-order valence-electron chi connectivity index (χ1n) is 4.75. The van der Waals surface area contributed by atoms with Gasteiger partial charge in [-0.1, -0.05) is 15.7 Å². The summed E-state index contributed by atoms with van der Waals surface area (Å²) in [5.74, 6) is 0. The van der Waals surface area contributed by atoms with E-state index in [2.05, 4.69) is 5.00 Å². The van der Waals surface area contributed by atoms with E-state index < -0.39 is 24.6 Å². The van der Waals surface area contributed by atoms with Gasteiger partial charge in [-0.25, -0.2) is 0 Å². The molecule has 4 N–H and O–H groups in total. The minimum atomic E-state index is -1.01. The summed E-state index contributed by atoms with van der Waals surface area (Å²) in [4.78, 5) is 2.76. The van der Waals surface area contributed by atoms with Crippen LogP contribution in [0.25, 0.3) is 0 Å². The molecule has 0 aromatic heterocycles. The van der Waals surface area contributed by atoms with E-state index in [0.717, 1.165) is 0 Å². The zero-order valence-electron chi connectivity index (χ0n) is 8.75. The number of ether oxygens (including phenoxy) is 2. The molecule has 1 rings (SSSR count). The highest BCUT2D eigenvalue weighted by Gasteiger charge is 2.45. The highest BCUT2D eigenvalue weighted by molar-refractivity contribution is 7.38. The van der Waals surface area contributed by atoms with Gasteiger partial charge >= 0.3 is 7.62 Å². The van der Waals surface area contributed by atoms with Crippen LogP contribution >= 0.6 is 8.73 Å². The van der Waals surface area contributed by atoms with Crippen molar-refractivity contribution in [2.24, 2.45) is 0 Å². The van der Waals surface area contributed by atoms with Crippen LogP contribution in [-0.2, 0) is 9.47 Å². The predicted molar refractivity (Wildman–Crippen MR) is 58.0 cm³/mol. The highest BCUT2D eigenvalue weighted by Crippen LogP contribution is 2.30. The van der Waals surface area contributed by atoms with Crippen molar-refractivity contribution in [1.82, 2.24) is 5.00 Å². The fourth-order valence-electron chi connectivity index (χ4n) is 1.57. The Bertz CT molecular complexity index is 200.